The van der Waals surface area contributed by atoms with Crippen molar-refractivity contribution >= 4 is 23.7 Å². The smallest absolute Gasteiger partial charge is 0.410 e. The van der Waals surface area contributed by atoms with Crippen molar-refractivity contribution in [2.75, 3.05) is 13.1 Å². The summed E-state index contributed by atoms with van der Waals surface area (Å²) in [5.74, 6) is -1.72. The van der Waals surface area contributed by atoms with Crippen LogP contribution >= 0.6 is 11.6 Å². The van der Waals surface area contributed by atoms with Crippen LogP contribution in [0.15, 0.2) is 46.9 Å². The molecule has 0 aliphatic carbocycles. The third-order valence-electron chi connectivity index (χ3n) is 4.06. The lowest BCUT2D eigenvalue weighted by Gasteiger charge is -2.15. The fraction of sp³-hybridized carbons (Fsp3) is 0.294. The van der Waals surface area contributed by atoms with Gasteiger partial charge in [0.05, 0.1) is 5.92 Å². The highest BCUT2D eigenvalue weighted by Crippen LogP contribution is 2.35. The molecule has 0 bridgehead atoms. The molecule has 0 radical (unpaired) electrons. The summed E-state index contributed by atoms with van der Waals surface area (Å²) in [5.41, 5.74) is 0.870. The van der Waals surface area contributed by atoms with E-state index in [4.69, 9.17) is 20.8 Å². The van der Waals surface area contributed by atoms with Gasteiger partial charge in [0.1, 0.15) is 12.4 Å². The Morgan fingerprint density at radius 1 is 1.21 bits per heavy atom. The Morgan fingerprint density at radius 3 is 2.58 bits per heavy atom. The first kappa shape index (κ1) is 16.4. The number of amides is 1. The van der Waals surface area contributed by atoms with Gasteiger partial charge in [-0.25, -0.2) is 4.79 Å². The maximum atomic E-state index is 12.2. The molecule has 24 heavy (non-hydrogen) atoms. The number of nitrogens with zero attached hydrogens (tertiary/aromatic N) is 1. The molecular formula is C17H16ClNO5. The largest absolute Gasteiger partial charge is 0.481 e. The van der Waals surface area contributed by atoms with E-state index >= 15 is 0 Å². The van der Waals surface area contributed by atoms with Crippen LogP contribution < -0.4 is 0 Å². The van der Waals surface area contributed by atoms with Gasteiger partial charge in [0.15, 0.2) is 5.22 Å². The number of halogens is 1. The topological polar surface area (TPSA) is 80.0 Å². The minimum atomic E-state index is -0.981. The lowest BCUT2D eigenvalue weighted by molar-refractivity contribution is -0.141. The first-order valence-electron chi connectivity index (χ1n) is 7.48. The highest BCUT2D eigenvalue weighted by molar-refractivity contribution is 6.28. The predicted octanol–water partition coefficient (Wildman–Crippen LogP) is 3.37. The van der Waals surface area contributed by atoms with E-state index in [-0.39, 0.29) is 24.9 Å². The Labute approximate surface area is 143 Å². The maximum absolute atomic E-state index is 12.2. The van der Waals surface area contributed by atoms with Crippen molar-refractivity contribution in [3.05, 3.63) is 59.0 Å². The molecule has 1 saturated heterocycles. The molecule has 2 aromatic rings. The predicted molar refractivity (Wildman–Crippen MR) is 85.8 cm³/mol. The van der Waals surface area contributed by atoms with Crippen molar-refractivity contribution in [3.8, 4) is 0 Å². The summed E-state index contributed by atoms with van der Waals surface area (Å²) in [6.45, 7) is 0.436. The fourth-order valence-corrected chi connectivity index (χ4v) is 2.98. The zero-order valence-corrected chi connectivity index (χ0v) is 13.5. The Bertz CT molecular complexity index is 730. The van der Waals surface area contributed by atoms with Gasteiger partial charge in [0, 0.05) is 19.0 Å². The number of benzene rings is 1. The van der Waals surface area contributed by atoms with Crippen LogP contribution in [0.2, 0.25) is 5.22 Å². The molecule has 1 amide bonds. The third kappa shape index (κ3) is 3.54. The number of furan rings is 1. The summed E-state index contributed by atoms with van der Waals surface area (Å²) < 4.78 is 10.6. The zero-order chi connectivity index (χ0) is 17.1. The number of ether oxygens (including phenoxy) is 1. The van der Waals surface area contributed by atoms with Gasteiger partial charge in [-0.05, 0) is 29.3 Å². The second-order valence-corrected chi connectivity index (χ2v) is 6.01. The minimum absolute atomic E-state index is 0.0753. The molecular weight excluding hydrogens is 334 g/mol. The van der Waals surface area contributed by atoms with Crippen molar-refractivity contribution in [2.45, 2.75) is 12.5 Å². The van der Waals surface area contributed by atoms with Gasteiger partial charge in [-0.15, -0.1) is 0 Å². The normalized spacial score (nSPS) is 20.1. The van der Waals surface area contributed by atoms with E-state index in [1.807, 2.05) is 30.3 Å². The van der Waals surface area contributed by atoms with E-state index in [2.05, 4.69) is 0 Å². The van der Waals surface area contributed by atoms with E-state index in [1.54, 1.807) is 12.1 Å². The average molecular weight is 350 g/mol. The number of carboxylic acid groups (broad SMARTS) is 1. The van der Waals surface area contributed by atoms with Gasteiger partial charge in [-0.2, -0.15) is 0 Å². The first-order chi connectivity index (χ1) is 11.5. The summed E-state index contributed by atoms with van der Waals surface area (Å²) in [5, 5.41) is 9.60. The number of hydrogen-bond donors (Lipinski definition) is 1. The number of aliphatic carboxylic acids is 1. The number of carbonyl (C=O) groups is 2. The summed E-state index contributed by atoms with van der Waals surface area (Å²) in [7, 11) is 0. The number of likely N-dealkylation sites (tertiary alicyclic amines) is 1. The summed E-state index contributed by atoms with van der Waals surface area (Å²) in [6, 6.07) is 12.5. The van der Waals surface area contributed by atoms with Crippen molar-refractivity contribution in [1.82, 2.24) is 4.90 Å². The Hall–Kier alpha value is -2.47. The second kappa shape index (κ2) is 6.97. The van der Waals surface area contributed by atoms with Crippen molar-refractivity contribution < 1.29 is 23.8 Å². The monoisotopic (exact) mass is 349 g/mol. The van der Waals surface area contributed by atoms with Crippen LogP contribution in [-0.4, -0.2) is 35.2 Å². The number of carboxylic acids is 1. The van der Waals surface area contributed by atoms with Gasteiger partial charge in [0.2, 0.25) is 0 Å². The molecule has 126 valence electrons. The Morgan fingerprint density at radius 2 is 1.96 bits per heavy atom. The average Bonchev–Trinajstić information content (AvgIpc) is 3.20. The Balaban J connectivity index is 1.66. The molecule has 2 atom stereocenters. The van der Waals surface area contributed by atoms with Crippen LogP contribution in [0.5, 0.6) is 0 Å². The molecule has 2 heterocycles. The van der Waals surface area contributed by atoms with E-state index in [9.17, 15) is 14.7 Å². The zero-order valence-electron chi connectivity index (χ0n) is 12.7. The first-order valence-corrected chi connectivity index (χ1v) is 7.86. The molecule has 1 aromatic heterocycles. The number of hydrogen-bond acceptors (Lipinski definition) is 4. The summed E-state index contributed by atoms with van der Waals surface area (Å²) in [4.78, 5) is 25.1. The molecule has 0 saturated carbocycles. The van der Waals surface area contributed by atoms with Crippen molar-refractivity contribution in [2.24, 2.45) is 5.92 Å². The van der Waals surface area contributed by atoms with Crippen molar-refractivity contribution in [3.63, 3.8) is 0 Å². The van der Waals surface area contributed by atoms with Gasteiger partial charge in [-0.3, -0.25) is 4.79 Å². The van der Waals surface area contributed by atoms with E-state index < -0.39 is 23.9 Å². The van der Waals surface area contributed by atoms with E-state index in [1.165, 1.54) is 4.90 Å². The minimum Gasteiger partial charge on any atom is -0.481 e. The standard InChI is InChI=1S/C17H16ClNO5/c18-15-7-6-14(24-15)12-8-19(9-13(12)16(20)21)17(22)23-10-11-4-2-1-3-5-11/h1-7,12-13H,8-10H2,(H,20,21). The van der Waals surface area contributed by atoms with E-state index in [0.29, 0.717) is 5.76 Å². The highest BCUT2D eigenvalue weighted by Gasteiger charge is 2.42. The van der Waals surface area contributed by atoms with Crippen LogP contribution in [0.1, 0.15) is 17.2 Å². The second-order valence-electron chi connectivity index (χ2n) is 5.64. The molecule has 0 spiro atoms. The summed E-state index contributed by atoms with van der Waals surface area (Å²) in [6.07, 6.45) is -0.537. The SMILES string of the molecule is O=C(O)C1CN(C(=O)OCc2ccccc2)CC1c1ccc(Cl)o1. The lowest BCUT2D eigenvalue weighted by atomic mass is 9.94. The van der Waals surface area contributed by atoms with Gasteiger partial charge < -0.3 is 19.2 Å². The van der Waals surface area contributed by atoms with Gasteiger partial charge in [-0.1, -0.05) is 30.3 Å². The van der Waals surface area contributed by atoms with Crippen LogP contribution in [0, 0.1) is 5.92 Å². The maximum Gasteiger partial charge on any atom is 0.410 e. The molecule has 6 nitrogen and oxygen atoms in total. The van der Waals surface area contributed by atoms with Gasteiger partial charge in [0.25, 0.3) is 0 Å². The van der Waals surface area contributed by atoms with E-state index in [0.717, 1.165) is 5.56 Å². The van der Waals surface area contributed by atoms with Crippen LogP contribution in [-0.2, 0) is 16.1 Å². The Kier molecular flexibility index (Phi) is 4.76. The van der Waals surface area contributed by atoms with Crippen LogP contribution in [0.25, 0.3) is 0 Å². The molecule has 7 heteroatoms. The molecule has 1 aliphatic heterocycles. The number of carbonyl (C=O) groups excluding carboxylic acids is 1. The third-order valence-corrected chi connectivity index (χ3v) is 4.26. The highest BCUT2D eigenvalue weighted by atomic mass is 35.5. The summed E-state index contributed by atoms with van der Waals surface area (Å²) >= 11 is 5.76. The fourth-order valence-electron chi connectivity index (χ4n) is 2.83. The molecule has 1 fully saturated rings. The molecule has 1 N–H and O–H groups in total. The van der Waals surface area contributed by atoms with Crippen molar-refractivity contribution in [1.29, 1.82) is 0 Å². The molecule has 1 aromatic carbocycles. The molecule has 2 unspecified atom stereocenters. The van der Waals surface area contributed by atoms with Gasteiger partial charge >= 0.3 is 12.1 Å². The van der Waals surface area contributed by atoms with Crippen LogP contribution in [0.3, 0.4) is 0 Å². The van der Waals surface area contributed by atoms with Crippen LogP contribution in [0.4, 0.5) is 4.79 Å². The lowest BCUT2D eigenvalue weighted by Crippen LogP contribution is -2.30. The quantitative estimate of drug-likeness (QED) is 0.915. The molecule has 1 aliphatic rings. The molecule has 3 rings (SSSR count). The number of rotatable bonds is 4.